The van der Waals surface area contributed by atoms with Crippen LogP contribution in [0.25, 0.3) is 0 Å². The summed E-state index contributed by atoms with van der Waals surface area (Å²) in [7, 11) is 1.26. The van der Waals surface area contributed by atoms with Crippen molar-refractivity contribution in [1.29, 1.82) is 0 Å². The molecule has 0 bridgehead atoms. The highest BCUT2D eigenvalue weighted by Gasteiger charge is 2.25. The standard InChI is InChI=1S/C18H24N2O4/c1-3-12-7-6-8-13(11-12)19-16(21)17(22)20-15-10-5-4-9-14(15)18(23)24-2/h4-5,9-10,12-13H,3,6-8,11H2,1-2H3,(H,19,21)(H,20,22)/t12-,13+/m1/s1. The van der Waals surface area contributed by atoms with Crippen LogP contribution >= 0.6 is 0 Å². The van der Waals surface area contributed by atoms with E-state index in [1.54, 1.807) is 18.2 Å². The summed E-state index contributed by atoms with van der Waals surface area (Å²) in [4.78, 5) is 35.9. The van der Waals surface area contributed by atoms with Crippen LogP contribution in [0.3, 0.4) is 0 Å². The molecule has 0 unspecified atom stereocenters. The summed E-state index contributed by atoms with van der Waals surface area (Å²) in [5, 5.41) is 5.29. The molecule has 1 aliphatic rings. The molecule has 1 aliphatic carbocycles. The normalized spacial score (nSPS) is 20.1. The van der Waals surface area contributed by atoms with E-state index in [2.05, 4.69) is 22.3 Å². The Morgan fingerprint density at radius 3 is 2.62 bits per heavy atom. The predicted octanol–water partition coefficient (Wildman–Crippen LogP) is 2.50. The minimum absolute atomic E-state index is 0.0396. The second-order valence-corrected chi connectivity index (χ2v) is 6.10. The van der Waals surface area contributed by atoms with Gasteiger partial charge in [0.2, 0.25) is 0 Å². The van der Waals surface area contributed by atoms with E-state index in [9.17, 15) is 14.4 Å². The molecule has 0 spiro atoms. The molecule has 0 radical (unpaired) electrons. The SMILES string of the molecule is CC[C@@H]1CCC[C@H](NC(=O)C(=O)Nc2ccccc2C(=O)OC)C1. The van der Waals surface area contributed by atoms with Gasteiger partial charge in [0.15, 0.2) is 0 Å². The third-order valence-electron chi connectivity index (χ3n) is 4.48. The van der Waals surface area contributed by atoms with Crippen LogP contribution in [0.2, 0.25) is 0 Å². The number of nitrogens with one attached hydrogen (secondary N) is 2. The van der Waals surface area contributed by atoms with E-state index in [0.717, 1.165) is 25.7 Å². The lowest BCUT2D eigenvalue weighted by molar-refractivity contribution is -0.136. The smallest absolute Gasteiger partial charge is 0.339 e. The van der Waals surface area contributed by atoms with Gasteiger partial charge in [0.25, 0.3) is 0 Å². The van der Waals surface area contributed by atoms with Crippen LogP contribution in [-0.4, -0.2) is 30.9 Å². The molecule has 6 nitrogen and oxygen atoms in total. The average molecular weight is 332 g/mol. The van der Waals surface area contributed by atoms with E-state index in [1.807, 2.05) is 0 Å². The molecule has 2 rings (SSSR count). The Morgan fingerprint density at radius 1 is 1.17 bits per heavy atom. The third-order valence-corrected chi connectivity index (χ3v) is 4.48. The van der Waals surface area contributed by atoms with Crippen molar-refractivity contribution in [3.63, 3.8) is 0 Å². The van der Waals surface area contributed by atoms with E-state index in [0.29, 0.717) is 5.92 Å². The Hall–Kier alpha value is -2.37. The summed E-state index contributed by atoms with van der Waals surface area (Å²) >= 11 is 0. The van der Waals surface area contributed by atoms with E-state index in [1.165, 1.54) is 19.6 Å². The molecule has 1 aromatic carbocycles. The van der Waals surface area contributed by atoms with Crippen molar-refractivity contribution in [1.82, 2.24) is 5.32 Å². The maximum Gasteiger partial charge on any atom is 0.339 e. The first-order valence-corrected chi connectivity index (χ1v) is 8.34. The number of esters is 1. The highest BCUT2D eigenvalue weighted by Crippen LogP contribution is 2.26. The van der Waals surface area contributed by atoms with Gasteiger partial charge in [0, 0.05) is 6.04 Å². The average Bonchev–Trinajstić information content (AvgIpc) is 2.61. The molecule has 0 saturated heterocycles. The van der Waals surface area contributed by atoms with Crippen LogP contribution in [-0.2, 0) is 14.3 Å². The maximum atomic E-state index is 12.1. The van der Waals surface area contributed by atoms with Gasteiger partial charge in [-0.05, 0) is 30.9 Å². The molecule has 2 atom stereocenters. The molecule has 24 heavy (non-hydrogen) atoms. The number of ether oxygens (including phenoxy) is 1. The van der Waals surface area contributed by atoms with Crippen LogP contribution in [0.5, 0.6) is 0 Å². The molecular formula is C18H24N2O4. The first-order valence-electron chi connectivity index (χ1n) is 8.34. The fourth-order valence-corrected chi connectivity index (χ4v) is 3.10. The summed E-state index contributed by atoms with van der Waals surface area (Å²) in [6.45, 7) is 2.14. The van der Waals surface area contributed by atoms with Crippen LogP contribution in [0.1, 0.15) is 49.4 Å². The lowest BCUT2D eigenvalue weighted by Crippen LogP contribution is -2.44. The van der Waals surface area contributed by atoms with Crippen molar-refractivity contribution in [2.24, 2.45) is 5.92 Å². The van der Waals surface area contributed by atoms with Crippen LogP contribution < -0.4 is 10.6 Å². The fraction of sp³-hybridized carbons (Fsp3) is 0.500. The van der Waals surface area contributed by atoms with E-state index >= 15 is 0 Å². The van der Waals surface area contributed by atoms with Gasteiger partial charge < -0.3 is 15.4 Å². The van der Waals surface area contributed by atoms with Gasteiger partial charge in [-0.2, -0.15) is 0 Å². The molecule has 1 aromatic rings. The summed E-state index contributed by atoms with van der Waals surface area (Å²) < 4.78 is 4.67. The quantitative estimate of drug-likeness (QED) is 0.655. The second kappa shape index (κ2) is 8.47. The summed E-state index contributed by atoms with van der Waals surface area (Å²) in [6.07, 6.45) is 5.14. The van der Waals surface area contributed by atoms with Gasteiger partial charge in [0.1, 0.15) is 0 Å². The van der Waals surface area contributed by atoms with Crippen molar-refractivity contribution in [3.8, 4) is 0 Å². The van der Waals surface area contributed by atoms with Crippen LogP contribution in [0.4, 0.5) is 5.69 Å². The topological polar surface area (TPSA) is 84.5 Å². The van der Waals surface area contributed by atoms with Crippen molar-refractivity contribution in [2.45, 2.75) is 45.1 Å². The molecule has 6 heteroatoms. The molecule has 1 fully saturated rings. The molecule has 2 amide bonds. The molecular weight excluding hydrogens is 308 g/mol. The second-order valence-electron chi connectivity index (χ2n) is 6.10. The highest BCUT2D eigenvalue weighted by molar-refractivity contribution is 6.40. The largest absolute Gasteiger partial charge is 0.465 e. The summed E-state index contributed by atoms with van der Waals surface area (Å²) in [6, 6.07) is 6.47. The van der Waals surface area contributed by atoms with E-state index in [-0.39, 0.29) is 17.3 Å². The number of anilines is 1. The van der Waals surface area contributed by atoms with Crippen molar-refractivity contribution >= 4 is 23.5 Å². The zero-order valence-electron chi connectivity index (χ0n) is 14.1. The zero-order chi connectivity index (χ0) is 17.5. The molecule has 1 saturated carbocycles. The van der Waals surface area contributed by atoms with E-state index in [4.69, 9.17) is 0 Å². The molecule has 0 heterocycles. The van der Waals surface area contributed by atoms with Crippen LogP contribution in [0, 0.1) is 5.92 Å². The Labute approximate surface area is 142 Å². The number of amides is 2. The number of hydrogen-bond acceptors (Lipinski definition) is 4. The van der Waals surface area contributed by atoms with Gasteiger partial charge in [-0.1, -0.05) is 38.3 Å². The Kier molecular flexibility index (Phi) is 6.35. The summed E-state index contributed by atoms with van der Waals surface area (Å²) in [5.41, 5.74) is 0.476. The lowest BCUT2D eigenvalue weighted by Gasteiger charge is -2.28. The Balaban J connectivity index is 1.97. The first kappa shape index (κ1) is 18.0. The zero-order valence-corrected chi connectivity index (χ0v) is 14.1. The van der Waals surface area contributed by atoms with Gasteiger partial charge in [-0.3, -0.25) is 9.59 Å². The number of benzene rings is 1. The number of carbonyl (C=O) groups excluding carboxylic acids is 3. The molecule has 0 aliphatic heterocycles. The van der Waals surface area contributed by atoms with Crippen molar-refractivity contribution < 1.29 is 19.1 Å². The highest BCUT2D eigenvalue weighted by atomic mass is 16.5. The van der Waals surface area contributed by atoms with Gasteiger partial charge >= 0.3 is 17.8 Å². The number of methoxy groups -OCH3 is 1. The maximum absolute atomic E-state index is 12.1. The van der Waals surface area contributed by atoms with Gasteiger partial charge in [-0.25, -0.2) is 4.79 Å². The Bertz CT molecular complexity index is 615. The number of hydrogen-bond donors (Lipinski definition) is 2. The molecule has 130 valence electrons. The number of rotatable bonds is 4. The van der Waals surface area contributed by atoms with E-state index < -0.39 is 17.8 Å². The monoisotopic (exact) mass is 332 g/mol. The predicted molar refractivity (Wildman–Crippen MR) is 90.6 cm³/mol. The number of para-hydroxylation sites is 1. The fourth-order valence-electron chi connectivity index (χ4n) is 3.10. The minimum atomic E-state index is -0.773. The molecule has 2 N–H and O–H groups in total. The Morgan fingerprint density at radius 2 is 1.92 bits per heavy atom. The van der Waals surface area contributed by atoms with Crippen molar-refractivity contribution in [3.05, 3.63) is 29.8 Å². The van der Waals surface area contributed by atoms with Crippen LogP contribution in [0.15, 0.2) is 24.3 Å². The van der Waals surface area contributed by atoms with Gasteiger partial charge in [0.05, 0.1) is 18.4 Å². The lowest BCUT2D eigenvalue weighted by atomic mass is 9.84. The minimum Gasteiger partial charge on any atom is -0.465 e. The third kappa shape index (κ3) is 4.57. The summed E-state index contributed by atoms with van der Waals surface area (Å²) in [5.74, 6) is -1.40. The van der Waals surface area contributed by atoms with Gasteiger partial charge in [-0.15, -0.1) is 0 Å². The molecule has 0 aromatic heterocycles. The number of carbonyl (C=O) groups is 3. The first-order chi connectivity index (χ1) is 11.5. The van der Waals surface area contributed by atoms with Crippen molar-refractivity contribution in [2.75, 3.05) is 12.4 Å².